The summed E-state index contributed by atoms with van der Waals surface area (Å²) in [6, 6.07) is 6.92. The number of hydrogen-bond donors (Lipinski definition) is 2. The molecule has 1 aromatic rings. The van der Waals surface area contributed by atoms with Crippen molar-refractivity contribution in [2.75, 3.05) is 18.8 Å². The van der Waals surface area contributed by atoms with Gasteiger partial charge in [-0.2, -0.15) is 4.31 Å². The maximum atomic E-state index is 12.1. The van der Waals surface area contributed by atoms with Gasteiger partial charge in [-0.25, -0.2) is 8.42 Å². The number of aliphatic hydroxyl groups is 1. The lowest BCUT2D eigenvalue weighted by atomic mass is 10.2. The molecule has 1 fully saturated rings. The van der Waals surface area contributed by atoms with Crippen LogP contribution in [0.15, 0.2) is 24.3 Å². The number of sulfonamides is 1. The molecule has 0 saturated carbocycles. The number of rotatable bonds is 3. The first-order chi connectivity index (χ1) is 7.99. The second-order valence-electron chi connectivity index (χ2n) is 4.26. The van der Waals surface area contributed by atoms with Crippen LogP contribution in [0.2, 0.25) is 0 Å². The van der Waals surface area contributed by atoms with Gasteiger partial charge < -0.3 is 10.8 Å². The van der Waals surface area contributed by atoms with Gasteiger partial charge in [-0.1, -0.05) is 18.2 Å². The van der Waals surface area contributed by atoms with Crippen LogP contribution in [0.4, 0.5) is 5.69 Å². The fraction of sp³-hybridized carbons (Fsp3) is 0.455. The first-order valence-corrected chi connectivity index (χ1v) is 7.09. The van der Waals surface area contributed by atoms with E-state index < -0.39 is 16.1 Å². The summed E-state index contributed by atoms with van der Waals surface area (Å²) in [6.45, 7) is 0.575. The van der Waals surface area contributed by atoms with Crippen LogP contribution in [-0.4, -0.2) is 37.0 Å². The zero-order valence-electron chi connectivity index (χ0n) is 9.41. The summed E-state index contributed by atoms with van der Waals surface area (Å²) in [5, 5.41) is 9.35. The molecule has 0 aromatic heterocycles. The minimum Gasteiger partial charge on any atom is -0.398 e. The van der Waals surface area contributed by atoms with Gasteiger partial charge in [-0.3, -0.25) is 0 Å². The number of benzene rings is 1. The molecule has 0 spiro atoms. The van der Waals surface area contributed by atoms with Crippen LogP contribution in [0.1, 0.15) is 12.0 Å². The van der Waals surface area contributed by atoms with Crippen molar-refractivity contribution in [2.45, 2.75) is 18.3 Å². The summed E-state index contributed by atoms with van der Waals surface area (Å²) in [5.74, 6) is -0.105. The molecule has 3 N–H and O–H groups in total. The largest absolute Gasteiger partial charge is 0.398 e. The van der Waals surface area contributed by atoms with Gasteiger partial charge in [0.2, 0.25) is 10.0 Å². The third-order valence-electron chi connectivity index (χ3n) is 2.91. The van der Waals surface area contributed by atoms with Crippen molar-refractivity contribution in [2.24, 2.45) is 0 Å². The van der Waals surface area contributed by atoms with E-state index in [1.807, 2.05) is 0 Å². The highest BCUT2D eigenvalue weighted by molar-refractivity contribution is 7.88. The fourth-order valence-electron chi connectivity index (χ4n) is 1.92. The summed E-state index contributed by atoms with van der Waals surface area (Å²) in [5.41, 5.74) is 6.81. The van der Waals surface area contributed by atoms with Crippen molar-refractivity contribution in [3.63, 3.8) is 0 Å². The predicted molar refractivity (Wildman–Crippen MR) is 65.7 cm³/mol. The second kappa shape index (κ2) is 4.64. The lowest BCUT2D eigenvalue weighted by molar-refractivity contribution is 0.189. The molecule has 94 valence electrons. The van der Waals surface area contributed by atoms with Gasteiger partial charge >= 0.3 is 0 Å². The quantitative estimate of drug-likeness (QED) is 0.755. The SMILES string of the molecule is Nc1ccccc1CS(=O)(=O)N1CC[C@@H](O)C1. The highest BCUT2D eigenvalue weighted by Crippen LogP contribution is 2.20. The Kier molecular flexibility index (Phi) is 3.37. The van der Waals surface area contributed by atoms with E-state index in [4.69, 9.17) is 5.73 Å². The molecular weight excluding hydrogens is 240 g/mol. The third kappa shape index (κ3) is 2.77. The zero-order chi connectivity index (χ0) is 12.5. The number of nitrogens with two attached hydrogens (primary N) is 1. The monoisotopic (exact) mass is 256 g/mol. The second-order valence-corrected chi connectivity index (χ2v) is 6.22. The van der Waals surface area contributed by atoms with Crippen LogP contribution in [0, 0.1) is 0 Å². The van der Waals surface area contributed by atoms with Crippen LogP contribution in [0.3, 0.4) is 0 Å². The maximum Gasteiger partial charge on any atom is 0.218 e. The van der Waals surface area contributed by atoms with Crippen LogP contribution in [-0.2, 0) is 15.8 Å². The molecule has 0 bridgehead atoms. The molecule has 1 aromatic carbocycles. The van der Waals surface area contributed by atoms with Gasteiger partial charge in [0.15, 0.2) is 0 Å². The molecule has 1 aliphatic rings. The van der Waals surface area contributed by atoms with Crippen LogP contribution >= 0.6 is 0 Å². The Morgan fingerprint density at radius 3 is 2.71 bits per heavy atom. The normalized spacial score (nSPS) is 21.8. The Bertz CT molecular complexity index is 501. The van der Waals surface area contributed by atoms with Crippen LogP contribution < -0.4 is 5.73 Å². The molecule has 0 unspecified atom stereocenters. The van der Waals surface area contributed by atoms with E-state index in [0.717, 1.165) is 0 Å². The number of anilines is 1. The molecule has 1 saturated heterocycles. The van der Waals surface area contributed by atoms with E-state index in [0.29, 0.717) is 24.2 Å². The van der Waals surface area contributed by atoms with Gasteiger partial charge in [0.05, 0.1) is 11.9 Å². The number of β-amino-alcohol motifs (C(OH)–C–C–N with tert-alkyl or cyclic N) is 1. The summed E-state index contributed by atoms with van der Waals surface area (Å²) in [6.07, 6.45) is -0.0401. The van der Waals surface area contributed by atoms with Crippen molar-refractivity contribution in [3.05, 3.63) is 29.8 Å². The standard InChI is InChI=1S/C11H16N2O3S/c12-11-4-2-1-3-9(11)8-17(15,16)13-6-5-10(14)7-13/h1-4,10,14H,5-8,12H2/t10-/m1/s1. The average molecular weight is 256 g/mol. The number of nitrogens with zero attached hydrogens (tertiary/aromatic N) is 1. The Hall–Kier alpha value is -1.11. The van der Waals surface area contributed by atoms with E-state index in [9.17, 15) is 13.5 Å². The van der Waals surface area contributed by atoms with Crippen molar-refractivity contribution >= 4 is 15.7 Å². The molecular formula is C11H16N2O3S. The molecule has 6 heteroatoms. The Labute approximate surface area is 101 Å². The highest BCUT2D eigenvalue weighted by Gasteiger charge is 2.30. The first kappa shape index (κ1) is 12.3. The van der Waals surface area contributed by atoms with Crippen molar-refractivity contribution in [1.82, 2.24) is 4.31 Å². The fourth-order valence-corrected chi connectivity index (χ4v) is 3.54. The van der Waals surface area contributed by atoms with Crippen molar-refractivity contribution in [1.29, 1.82) is 0 Å². The molecule has 2 rings (SSSR count). The number of aliphatic hydroxyl groups excluding tert-OH is 1. The Morgan fingerprint density at radius 1 is 1.41 bits per heavy atom. The van der Waals surface area contributed by atoms with Crippen LogP contribution in [0.25, 0.3) is 0 Å². The molecule has 1 heterocycles. The van der Waals surface area contributed by atoms with Gasteiger partial charge in [0.1, 0.15) is 0 Å². The lowest BCUT2D eigenvalue weighted by Crippen LogP contribution is -2.31. The molecule has 0 amide bonds. The maximum absolute atomic E-state index is 12.1. The minimum absolute atomic E-state index is 0.105. The Balaban J connectivity index is 2.15. The number of hydrogen-bond acceptors (Lipinski definition) is 4. The molecule has 1 aliphatic heterocycles. The zero-order valence-corrected chi connectivity index (χ0v) is 10.2. The van der Waals surface area contributed by atoms with Gasteiger partial charge in [-0.05, 0) is 18.1 Å². The van der Waals surface area contributed by atoms with E-state index in [1.165, 1.54) is 4.31 Å². The number of nitrogen functional groups attached to an aromatic ring is 1. The summed E-state index contributed by atoms with van der Waals surface area (Å²) in [7, 11) is -3.38. The molecule has 5 nitrogen and oxygen atoms in total. The first-order valence-electron chi connectivity index (χ1n) is 5.48. The van der Waals surface area contributed by atoms with Crippen molar-refractivity contribution < 1.29 is 13.5 Å². The van der Waals surface area contributed by atoms with E-state index in [-0.39, 0.29) is 12.3 Å². The summed E-state index contributed by atoms with van der Waals surface area (Å²) < 4.78 is 25.4. The summed E-state index contributed by atoms with van der Waals surface area (Å²) in [4.78, 5) is 0. The smallest absolute Gasteiger partial charge is 0.218 e. The van der Waals surface area contributed by atoms with E-state index in [2.05, 4.69) is 0 Å². The predicted octanol–water partition coefficient (Wildman–Crippen LogP) is 0.165. The molecule has 17 heavy (non-hydrogen) atoms. The molecule has 0 radical (unpaired) electrons. The van der Waals surface area contributed by atoms with E-state index >= 15 is 0 Å². The van der Waals surface area contributed by atoms with Gasteiger partial charge in [0.25, 0.3) is 0 Å². The number of para-hydroxylation sites is 1. The minimum atomic E-state index is -3.38. The third-order valence-corrected chi connectivity index (χ3v) is 4.71. The average Bonchev–Trinajstić information content (AvgIpc) is 2.69. The molecule has 0 aliphatic carbocycles. The van der Waals surface area contributed by atoms with E-state index in [1.54, 1.807) is 24.3 Å². The topological polar surface area (TPSA) is 83.6 Å². The molecule has 1 atom stereocenters. The van der Waals surface area contributed by atoms with Crippen LogP contribution in [0.5, 0.6) is 0 Å². The van der Waals surface area contributed by atoms with Gasteiger partial charge in [0, 0.05) is 18.8 Å². The summed E-state index contributed by atoms with van der Waals surface area (Å²) >= 11 is 0. The highest BCUT2D eigenvalue weighted by atomic mass is 32.2. The lowest BCUT2D eigenvalue weighted by Gasteiger charge is -2.16. The Morgan fingerprint density at radius 2 is 2.12 bits per heavy atom. The van der Waals surface area contributed by atoms with Gasteiger partial charge in [-0.15, -0.1) is 0 Å². The van der Waals surface area contributed by atoms with Crippen molar-refractivity contribution in [3.8, 4) is 0 Å².